The van der Waals surface area contributed by atoms with E-state index < -0.39 is 12.0 Å². The van der Waals surface area contributed by atoms with Gasteiger partial charge in [0.2, 0.25) is 0 Å². The Morgan fingerprint density at radius 3 is 2.72 bits per heavy atom. The van der Waals surface area contributed by atoms with Crippen molar-refractivity contribution >= 4 is 33.6 Å². The zero-order valence-electron chi connectivity index (χ0n) is 9.85. The largest absolute Gasteiger partial charge is 0.467 e. The maximum absolute atomic E-state index is 11.9. The molecule has 1 heterocycles. The van der Waals surface area contributed by atoms with Gasteiger partial charge in [0.25, 0.3) is 0 Å². The molecule has 1 aliphatic rings. The van der Waals surface area contributed by atoms with Crippen LogP contribution in [0.4, 0.5) is 10.5 Å². The van der Waals surface area contributed by atoms with E-state index in [1.165, 1.54) is 12.0 Å². The molecule has 96 valence electrons. The fourth-order valence-corrected chi connectivity index (χ4v) is 2.19. The highest BCUT2D eigenvalue weighted by Crippen LogP contribution is 2.24. The van der Waals surface area contributed by atoms with Crippen LogP contribution in [0.15, 0.2) is 28.7 Å². The number of esters is 1. The van der Waals surface area contributed by atoms with Gasteiger partial charge in [0, 0.05) is 16.7 Å². The third kappa shape index (κ3) is 2.48. The fourth-order valence-electron chi connectivity index (χ4n) is 1.93. The number of methoxy groups -OCH3 is 1. The molecule has 6 heteroatoms. The van der Waals surface area contributed by atoms with Crippen LogP contribution in [0.25, 0.3) is 0 Å². The summed E-state index contributed by atoms with van der Waals surface area (Å²) in [5, 5.41) is 2.72. The van der Waals surface area contributed by atoms with E-state index >= 15 is 0 Å². The predicted molar refractivity (Wildman–Crippen MR) is 70.4 cm³/mol. The van der Waals surface area contributed by atoms with E-state index in [0.717, 1.165) is 4.47 Å². The van der Waals surface area contributed by atoms with Crippen molar-refractivity contribution in [3.8, 4) is 0 Å². The van der Waals surface area contributed by atoms with Gasteiger partial charge in [-0.15, -0.1) is 0 Å². The van der Waals surface area contributed by atoms with Crippen LogP contribution in [0, 0.1) is 0 Å². The lowest BCUT2D eigenvalue weighted by Crippen LogP contribution is -2.56. The maximum atomic E-state index is 11.9. The lowest BCUT2D eigenvalue weighted by molar-refractivity contribution is -0.142. The third-order valence-electron chi connectivity index (χ3n) is 2.80. The monoisotopic (exact) mass is 312 g/mol. The summed E-state index contributed by atoms with van der Waals surface area (Å²) in [6.07, 6.45) is 0.536. The summed E-state index contributed by atoms with van der Waals surface area (Å²) >= 11 is 3.33. The number of halogens is 1. The van der Waals surface area contributed by atoms with Crippen molar-refractivity contribution in [3.63, 3.8) is 0 Å². The quantitative estimate of drug-likeness (QED) is 0.849. The van der Waals surface area contributed by atoms with E-state index in [0.29, 0.717) is 18.7 Å². The number of carbonyl (C=O) groups excluding carboxylic acids is 2. The molecule has 1 aliphatic heterocycles. The summed E-state index contributed by atoms with van der Waals surface area (Å²) in [4.78, 5) is 25.0. The number of urea groups is 1. The molecule has 0 unspecified atom stereocenters. The lowest BCUT2D eigenvalue weighted by atomic mass is 10.1. The molecule has 0 saturated carbocycles. The second-order valence-corrected chi connectivity index (χ2v) is 4.82. The minimum atomic E-state index is -0.565. The number of ether oxygens (including phenoxy) is 1. The van der Waals surface area contributed by atoms with Gasteiger partial charge in [-0.05, 0) is 30.7 Å². The highest BCUT2D eigenvalue weighted by atomic mass is 79.9. The Labute approximate surface area is 113 Å². The molecule has 1 aromatic carbocycles. The van der Waals surface area contributed by atoms with Gasteiger partial charge < -0.3 is 10.1 Å². The van der Waals surface area contributed by atoms with Crippen LogP contribution < -0.4 is 10.2 Å². The molecule has 1 fully saturated rings. The van der Waals surface area contributed by atoms with Crippen molar-refractivity contribution in [2.45, 2.75) is 12.5 Å². The third-order valence-corrected chi connectivity index (χ3v) is 3.33. The number of nitrogens with zero attached hydrogens (tertiary/aromatic N) is 1. The molecule has 5 nitrogen and oxygen atoms in total. The van der Waals surface area contributed by atoms with Crippen LogP contribution in [0.2, 0.25) is 0 Å². The van der Waals surface area contributed by atoms with Crippen molar-refractivity contribution < 1.29 is 14.3 Å². The van der Waals surface area contributed by atoms with Gasteiger partial charge in [-0.1, -0.05) is 15.9 Å². The Morgan fingerprint density at radius 2 is 2.11 bits per heavy atom. The molecular formula is C12H13BrN2O3. The van der Waals surface area contributed by atoms with Gasteiger partial charge in [-0.25, -0.2) is 9.59 Å². The molecule has 1 N–H and O–H groups in total. The minimum Gasteiger partial charge on any atom is -0.467 e. The summed E-state index contributed by atoms with van der Waals surface area (Å²) in [6, 6.07) is 6.37. The van der Waals surface area contributed by atoms with Gasteiger partial charge in [0.1, 0.15) is 6.04 Å². The van der Waals surface area contributed by atoms with E-state index in [9.17, 15) is 9.59 Å². The molecule has 2 rings (SSSR count). The van der Waals surface area contributed by atoms with E-state index in [1.807, 2.05) is 12.1 Å². The number of nitrogens with one attached hydrogen (secondary N) is 1. The first-order chi connectivity index (χ1) is 8.63. The number of rotatable bonds is 2. The molecule has 1 saturated heterocycles. The van der Waals surface area contributed by atoms with Gasteiger partial charge in [0.15, 0.2) is 0 Å². The number of anilines is 1. The Hall–Kier alpha value is -1.56. The fraction of sp³-hybridized carbons (Fsp3) is 0.333. The number of amides is 2. The van der Waals surface area contributed by atoms with Crippen LogP contribution in [0.5, 0.6) is 0 Å². The molecule has 0 aliphatic carbocycles. The second kappa shape index (κ2) is 5.39. The normalized spacial score (nSPS) is 19.3. The summed E-state index contributed by atoms with van der Waals surface area (Å²) in [6.45, 7) is 0.478. The molecule has 1 atom stereocenters. The van der Waals surface area contributed by atoms with Crippen LogP contribution in [-0.2, 0) is 9.53 Å². The van der Waals surface area contributed by atoms with Crippen molar-refractivity contribution in [3.05, 3.63) is 28.7 Å². The number of hydrogen-bond acceptors (Lipinski definition) is 3. The van der Waals surface area contributed by atoms with Gasteiger partial charge in [-0.3, -0.25) is 4.90 Å². The topological polar surface area (TPSA) is 58.6 Å². The predicted octanol–water partition coefficient (Wildman–Crippen LogP) is 1.91. The molecule has 18 heavy (non-hydrogen) atoms. The Kier molecular flexibility index (Phi) is 3.86. The van der Waals surface area contributed by atoms with Gasteiger partial charge >= 0.3 is 12.0 Å². The molecule has 1 aromatic rings. The molecule has 2 amide bonds. The molecular weight excluding hydrogens is 300 g/mol. The first-order valence-corrected chi connectivity index (χ1v) is 6.33. The van der Waals surface area contributed by atoms with Crippen LogP contribution in [0.3, 0.4) is 0 Å². The molecule has 0 aromatic heterocycles. The van der Waals surface area contributed by atoms with Crippen molar-refractivity contribution in [1.82, 2.24) is 5.32 Å². The lowest BCUT2D eigenvalue weighted by Gasteiger charge is -2.34. The smallest absolute Gasteiger partial charge is 0.329 e. The Morgan fingerprint density at radius 1 is 1.44 bits per heavy atom. The highest BCUT2D eigenvalue weighted by molar-refractivity contribution is 9.10. The summed E-state index contributed by atoms with van der Waals surface area (Å²) in [5.41, 5.74) is 0.672. The standard InChI is InChI=1S/C12H13BrN2O3/c1-18-11(16)10-6-7-14-12(17)15(10)9-4-2-8(13)3-5-9/h2-5,10H,6-7H2,1H3,(H,14,17)/t10-/m0/s1. The zero-order chi connectivity index (χ0) is 13.1. The first kappa shape index (κ1) is 12.9. The Bertz CT molecular complexity index is 461. The average Bonchev–Trinajstić information content (AvgIpc) is 2.39. The van der Waals surface area contributed by atoms with E-state index in [2.05, 4.69) is 21.2 Å². The van der Waals surface area contributed by atoms with E-state index in [4.69, 9.17) is 4.74 Å². The first-order valence-electron chi connectivity index (χ1n) is 5.54. The van der Waals surface area contributed by atoms with Crippen LogP contribution in [0.1, 0.15) is 6.42 Å². The van der Waals surface area contributed by atoms with Crippen LogP contribution in [-0.4, -0.2) is 31.7 Å². The van der Waals surface area contributed by atoms with E-state index in [1.54, 1.807) is 12.1 Å². The summed E-state index contributed by atoms with van der Waals surface area (Å²) < 4.78 is 5.66. The van der Waals surface area contributed by atoms with Gasteiger partial charge in [-0.2, -0.15) is 0 Å². The number of carbonyl (C=O) groups is 2. The SMILES string of the molecule is COC(=O)[C@@H]1CCNC(=O)N1c1ccc(Br)cc1. The molecule has 0 radical (unpaired) electrons. The number of hydrogen-bond donors (Lipinski definition) is 1. The van der Waals surface area contributed by atoms with E-state index in [-0.39, 0.29) is 6.03 Å². The highest BCUT2D eigenvalue weighted by Gasteiger charge is 2.34. The Balaban J connectivity index is 2.32. The zero-order valence-corrected chi connectivity index (χ0v) is 11.4. The second-order valence-electron chi connectivity index (χ2n) is 3.91. The minimum absolute atomic E-state index is 0.279. The van der Waals surface area contributed by atoms with Gasteiger partial charge in [0.05, 0.1) is 7.11 Å². The molecule has 0 spiro atoms. The van der Waals surface area contributed by atoms with Crippen molar-refractivity contribution in [2.75, 3.05) is 18.6 Å². The summed E-state index contributed by atoms with van der Waals surface area (Å²) in [5.74, 6) is -0.396. The average molecular weight is 313 g/mol. The number of benzene rings is 1. The van der Waals surface area contributed by atoms with Crippen molar-refractivity contribution in [1.29, 1.82) is 0 Å². The maximum Gasteiger partial charge on any atom is 0.329 e. The summed E-state index contributed by atoms with van der Waals surface area (Å²) in [7, 11) is 1.33. The van der Waals surface area contributed by atoms with Crippen molar-refractivity contribution in [2.24, 2.45) is 0 Å². The molecule has 0 bridgehead atoms. The van der Waals surface area contributed by atoms with Crippen LogP contribution >= 0.6 is 15.9 Å².